The maximum absolute atomic E-state index is 12.9. The number of benzene rings is 2. The average Bonchev–Trinajstić information content (AvgIpc) is 2.35. The van der Waals surface area contributed by atoms with Gasteiger partial charge in [-0.1, -0.05) is 28.1 Å². The summed E-state index contributed by atoms with van der Waals surface area (Å²) in [6.45, 7) is 0.781. The zero-order valence-electron chi connectivity index (χ0n) is 9.61. The van der Waals surface area contributed by atoms with Gasteiger partial charge in [0.25, 0.3) is 0 Å². The molecule has 2 nitrogen and oxygen atoms in total. The van der Waals surface area contributed by atoms with Crippen molar-refractivity contribution in [3.63, 3.8) is 0 Å². The van der Waals surface area contributed by atoms with Crippen LogP contribution in [0.2, 0.25) is 0 Å². The van der Waals surface area contributed by atoms with Gasteiger partial charge in [-0.05, 0) is 30.3 Å². The van der Waals surface area contributed by atoms with Crippen LogP contribution in [0.25, 0.3) is 0 Å². The van der Waals surface area contributed by atoms with E-state index in [1.165, 1.54) is 12.1 Å². The molecule has 94 valence electrons. The molecule has 2 rings (SSSR count). The number of hydrogen-bond acceptors (Lipinski definition) is 2. The maximum Gasteiger partial charge on any atom is 0.126 e. The van der Waals surface area contributed by atoms with Crippen LogP contribution in [0.5, 0.6) is 11.5 Å². The van der Waals surface area contributed by atoms with Crippen molar-refractivity contribution in [2.75, 3.05) is 13.2 Å². The molecule has 0 radical (unpaired) electrons. The molecule has 2 aromatic carbocycles. The third kappa shape index (κ3) is 4.04. The van der Waals surface area contributed by atoms with Crippen molar-refractivity contribution in [2.45, 2.75) is 0 Å². The van der Waals surface area contributed by atoms with Crippen molar-refractivity contribution in [1.82, 2.24) is 0 Å². The molecule has 0 N–H and O–H groups in total. The van der Waals surface area contributed by atoms with Crippen LogP contribution >= 0.6 is 15.9 Å². The lowest BCUT2D eigenvalue weighted by Gasteiger charge is -2.08. The smallest absolute Gasteiger partial charge is 0.126 e. The molecule has 2 aromatic rings. The summed E-state index contributed by atoms with van der Waals surface area (Å²) in [5.41, 5.74) is 0. The molecule has 0 aliphatic carbocycles. The van der Waals surface area contributed by atoms with Crippen LogP contribution in [0.1, 0.15) is 0 Å². The maximum atomic E-state index is 12.9. The first-order valence-corrected chi connectivity index (χ1v) is 6.30. The topological polar surface area (TPSA) is 18.5 Å². The SMILES string of the molecule is Fc1cccc(OCCOc2cccc(Br)c2)c1. The Hall–Kier alpha value is -1.55. The molecule has 0 aromatic heterocycles. The third-order valence-electron chi connectivity index (χ3n) is 2.21. The summed E-state index contributed by atoms with van der Waals surface area (Å²) in [6.07, 6.45) is 0. The van der Waals surface area contributed by atoms with Crippen molar-refractivity contribution in [3.05, 3.63) is 58.8 Å². The Balaban J connectivity index is 1.76. The summed E-state index contributed by atoms with van der Waals surface area (Å²) in [4.78, 5) is 0. The highest BCUT2D eigenvalue weighted by Crippen LogP contribution is 2.17. The van der Waals surface area contributed by atoms with Crippen LogP contribution in [-0.4, -0.2) is 13.2 Å². The van der Waals surface area contributed by atoms with Gasteiger partial charge in [0.05, 0.1) is 0 Å². The number of rotatable bonds is 5. The van der Waals surface area contributed by atoms with E-state index in [-0.39, 0.29) is 5.82 Å². The molecule has 0 unspecified atom stereocenters. The largest absolute Gasteiger partial charge is 0.490 e. The van der Waals surface area contributed by atoms with Crippen LogP contribution in [-0.2, 0) is 0 Å². The molecule has 0 bridgehead atoms. The minimum absolute atomic E-state index is 0.305. The summed E-state index contributed by atoms with van der Waals surface area (Å²) in [5, 5.41) is 0. The van der Waals surface area contributed by atoms with Crippen LogP contribution in [0.4, 0.5) is 4.39 Å². The van der Waals surface area contributed by atoms with Gasteiger partial charge in [0.15, 0.2) is 0 Å². The van der Waals surface area contributed by atoms with Crippen molar-refractivity contribution >= 4 is 15.9 Å². The monoisotopic (exact) mass is 310 g/mol. The van der Waals surface area contributed by atoms with Gasteiger partial charge in [0, 0.05) is 10.5 Å². The van der Waals surface area contributed by atoms with E-state index < -0.39 is 0 Å². The Morgan fingerprint density at radius 2 is 1.50 bits per heavy atom. The van der Waals surface area contributed by atoms with E-state index in [0.717, 1.165) is 10.2 Å². The van der Waals surface area contributed by atoms with E-state index in [9.17, 15) is 4.39 Å². The lowest BCUT2D eigenvalue weighted by atomic mass is 10.3. The summed E-state index contributed by atoms with van der Waals surface area (Å²) in [7, 11) is 0. The van der Waals surface area contributed by atoms with Gasteiger partial charge in [-0.3, -0.25) is 0 Å². The van der Waals surface area contributed by atoms with Crippen LogP contribution < -0.4 is 9.47 Å². The van der Waals surface area contributed by atoms with Crippen molar-refractivity contribution < 1.29 is 13.9 Å². The molecule has 0 amide bonds. The molecule has 0 spiro atoms. The van der Waals surface area contributed by atoms with Gasteiger partial charge >= 0.3 is 0 Å². The van der Waals surface area contributed by atoms with E-state index >= 15 is 0 Å². The average molecular weight is 311 g/mol. The second kappa shape index (κ2) is 6.40. The van der Waals surface area contributed by atoms with Gasteiger partial charge in [-0.15, -0.1) is 0 Å². The summed E-state index contributed by atoms with van der Waals surface area (Å²) < 4.78 is 24.7. The second-order valence-corrected chi connectivity index (χ2v) is 4.53. The molecule has 0 saturated carbocycles. The van der Waals surface area contributed by atoms with Crippen LogP contribution in [0, 0.1) is 5.82 Å². The fraction of sp³-hybridized carbons (Fsp3) is 0.143. The lowest BCUT2D eigenvalue weighted by molar-refractivity contribution is 0.216. The highest BCUT2D eigenvalue weighted by atomic mass is 79.9. The molecule has 18 heavy (non-hydrogen) atoms. The molecule has 4 heteroatoms. The van der Waals surface area contributed by atoms with Crippen LogP contribution in [0.3, 0.4) is 0 Å². The fourth-order valence-corrected chi connectivity index (χ4v) is 1.81. The lowest BCUT2D eigenvalue weighted by Crippen LogP contribution is -2.08. The molecule has 0 fully saturated rings. The van der Waals surface area contributed by atoms with Crippen LogP contribution in [0.15, 0.2) is 53.0 Å². The highest BCUT2D eigenvalue weighted by Gasteiger charge is 1.97. The normalized spacial score (nSPS) is 10.1. The highest BCUT2D eigenvalue weighted by molar-refractivity contribution is 9.10. The Kier molecular flexibility index (Phi) is 4.59. The minimum atomic E-state index is -0.305. The predicted octanol–water partition coefficient (Wildman–Crippen LogP) is 4.05. The number of ether oxygens (including phenoxy) is 2. The zero-order chi connectivity index (χ0) is 12.8. The Bertz CT molecular complexity index is 469. The second-order valence-electron chi connectivity index (χ2n) is 3.61. The standard InChI is InChI=1S/C14H12BrFO2/c15-11-3-1-5-13(9-11)17-7-8-18-14-6-2-4-12(16)10-14/h1-6,9-10H,7-8H2. The molecule has 0 aliphatic heterocycles. The van der Waals surface area contributed by atoms with Gasteiger partial charge in [0.2, 0.25) is 0 Å². The molecular weight excluding hydrogens is 299 g/mol. The summed E-state index contributed by atoms with van der Waals surface area (Å²) in [5.74, 6) is 0.973. The minimum Gasteiger partial charge on any atom is -0.490 e. The number of halogens is 2. The first-order chi connectivity index (χ1) is 8.74. The Labute approximate surface area is 113 Å². The van der Waals surface area contributed by atoms with E-state index in [4.69, 9.17) is 9.47 Å². The third-order valence-corrected chi connectivity index (χ3v) is 2.71. The predicted molar refractivity (Wildman–Crippen MR) is 71.5 cm³/mol. The summed E-state index contributed by atoms with van der Waals surface area (Å²) in [6, 6.07) is 13.6. The number of hydrogen-bond donors (Lipinski definition) is 0. The van der Waals surface area contributed by atoms with Crippen molar-refractivity contribution in [3.8, 4) is 11.5 Å². The fourth-order valence-electron chi connectivity index (χ4n) is 1.43. The molecular formula is C14H12BrFO2. The quantitative estimate of drug-likeness (QED) is 0.776. The van der Waals surface area contributed by atoms with Gasteiger partial charge < -0.3 is 9.47 Å². The van der Waals surface area contributed by atoms with Crippen molar-refractivity contribution in [2.24, 2.45) is 0 Å². The first-order valence-electron chi connectivity index (χ1n) is 5.51. The van der Waals surface area contributed by atoms with E-state index in [0.29, 0.717) is 19.0 Å². The van der Waals surface area contributed by atoms with E-state index in [1.54, 1.807) is 12.1 Å². The molecule has 0 saturated heterocycles. The van der Waals surface area contributed by atoms with Crippen molar-refractivity contribution in [1.29, 1.82) is 0 Å². The summed E-state index contributed by atoms with van der Waals surface area (Å²) >= 11 is 3.36. The molecule has 0 aliphatic rings. The van der Waals surface area contributed by atoms with E-state index in [2.05, 4.69) is 15.9 Å². The molecule has 0 heterocycles. The van der Waals surface area contributed by atoms with E-state index in [1.807, 2.05) is 24.3 Å². The first kappa shape index (κ1) is 12.9. The Morgan fingerprint density at radius 3 is 2.11 bits per heavy atom. The Morgan fingerprint density at radius 1 is 0.889 bits per heavy atom. The van der Waals surface area contributed by atoms with Gasteiger partial charge in [-0.25, -0.2) is 4.39 Å². The zero-order valence-corrected chi connectivity index (χ0v) is 11.2. The molecule has 0 atom stereocenters. The van der Waals surface area contributed by atoms with Gasteiger partial charge in [-0.2, -0.15) is 0 Å². The van der Waals surface area contributed by atoms with Gasteiger partial charge in [0.1, 0.15) is 30.5 Å².